The molecule has 0 saturated carbocycles. The number of hydrogen-bond acceptors (Lipinski definition) is 3. The molecule has 1 atom stereocenters. The second-order valence-corrected chi connectivity index (χ2v) is 5.73. The molecule has 1 unspecified atom stereocenters. The highest BCUT2D eigenvalue weighted by Crippen LogP contribution is 2.27. The topological polar surface area (TPSA) is 69.6 Å². The fourth-order valence-corrected chi connectivity index (χ4v) is 2.69. The van der Waals surface area contributed by atoms with Crippen molar-refractivity contribution in [1.82, 2.24) is 5.48 Å². The summed E-state index contributed by atoms with van der Waals surface area (Å²) in [4.78, 5) is 10.9. The lowest BCUT2D eigenvalue weighted by Crippen LogP contribution is -2.17. The number of aliphatic hydroxyl groups excluding tert-OH is 1. The molecule has 2 rings (SSSR count). The third kappa shape index (κ3) is 4.91. The number of carbonyl (C=O) groups excluding carboxylic acids is 1. The Morgan fingerprint density at radius 1 is 1.09 bits per heavy atom. The summed E-state index contributed by atoms with van der Waals surface area (Å²) in [6.45, 7) is 2.00. The molecular formula is C19H23NO3. The number of hydrogen-bond donors (Lipinski definition) is 3. The lowest BCUT2D eigenvalue weighted by atomic mass is 9.95. The van der Waals surface area contributed by atoms with Crippen molar-refractivity contribution in [2.24, 2.45) is 0 Å². The van der Waals surface area contributed by atoms with Crippen LogP contribution in [-0.2, 0) is 4.79 Å². The zero-order valence-electron chi connectivity index (χ0n) is 13.3. The first-order chi connectivity index (χ1) is 11.1. The molecule has 0 fully saturated rings. The summed E-state index contributed by atoms with van der Waals surface area (Å²) < 4.78 is 0. The first kappa shape index (κ1) is 17.2. The summed E-state index contributed by atoms with van der Waals surface area (Å²) in [6.07, 6.45) is 1.72. The summed E-state index contributed by atoms with van der Waals surface area (Å²) in [5.41, 5.74) is 5.90. The second-order valence-electron chi connectivity index (χ2n) is 5.73. The Morgan fingerprint density at radius 2 is 1.83 bits per heavy atom. The number of benzene rings is 2. The van der Waals surface area contributed by atoms with E-state index in [-0.39, 0.29) is 12.3 Å². The van der Waals surface area contributed by atoms with E-state index in [0.29, 0.717) is 12.8 Å². The highest BCUT2D eigenvalue weighted by Gasteiger charge is 2.11. The van der Waals surface area contributed by atoms with Gasteiger partial charge in [-0.25, -0.2) is 5.48 Å². The van der Waals surface area contributed by atoms with Crippen molar-refractivity contribution < 1.29 is 15.1 Å². The van der Waals surface area contributed by atoms with Gasteiger partial charge in [0.2, 0.25) is 5.91 Å². The summed E-state index contributed by atoms with van der Waals surface area (Å²) in [7, 11) is 0. The average molecular weight is 313 g/mol. The van der Waals surface area contributed by atoms with Gasteiger partial charge in [-0.2, -0.15) is 0 Å². The zero-order chi connectivity index (χ0) is 16.7. The normalized spacial score (nSPS) is 12.0. The molecule has 4 nitrogen and oxygen atoms in total. The Bertz CT molecular complexity index is 640. The van der Waals surface area contributed by atoms with Crippen molar-refractivity contribution in [3.63, 3.8) is 0 Å². The lowest BCUT2D eigenvalue weighted by molar-refractivity contribution is -0.129. The summed E-state index contributed by atoms with van der Waals surface area (Å²) in [5, 5.41) is 18.8. The fraction of sp³-hybridized carbons (Fsp3) is 0.316. The quantitative estimate of drug-likeness (QED) is 0.414. The van der Waals surface area contributed by atoms with Crippen molar-refractivity contribution in [3.8, 4) is 11.1 Å². The van der Waals surface area contributed by atoms with Crippen LogP contribution in [0.2, 0.25) is 0 Å². The van der Waals surface area contributed by atoms with Gasteiger partial charge in [-0.05, 0) is 42.0 Å². The molecule has 0 radical (unpaired) electrons. The van der Waals surface area contributed by atoms with E-state index >= 15 is 0 Å². The van der Waals surface area contributed by atoms with Crippen LogP contribution in [0.15, 0.2) is 48.5 Å². The SMILES string of the molecule is Cc1cc(-c2ccccc2)ccc1C(O)CCCCC(=O)NO. The van der Waals surface area contributed by atoms with Gasteiger partial charge in [0.25, 0.3) is 0 Å². The van der Waals surface area contributed by atoms with Crippen LogP contribution in [0.4, 0.5) is 0 Å². The van der Waals surface area contributed by atoms with Crippen LogP contribution in [-0.4, -0.2) is 16.2 Å². The molecule has 0 aromatic heterocycles. The average Bonchev–Trinajstić information content (AvgIpc) is 2.58. The maximum atomic E-state index is 10.9. The third-order valence-electron chi connectivity index (χ3n) is 3.99. The molecule has 122 valence electrons. The third-order valence-corrected chi connectivity index (χ3v) is 3.99. The Hall–Kier alpha value is -2.17. The highest BCUT2D eigenvalue weighted by molar-refractivity contribution is 5.74. The number of aliphatic hydroxyl groups is 1. The predicted octanol–water partition coefficient (Wildman–Crippen LogP) is 3.76. The van der Waals surface area contributed by atoms with Gasteiger partial charge in [0.15, 0.2) is 0 Å². The highest BCUT2D eigenvalue weighted by atomic mass is 16.5. The minimum Gasteiger partial charge on any atom is -0.388 e. The number of unbranched alkanes of at least 4 members (excludes halogenated alkanes) is 1. The molecular weight excluding hydrogens is 290 g/mol. The van der Waals surface area contributed by atoms with Crippen molar-refractivity contribution in [1.29, 1.82) is 0 Å². The maximum Gasteiger partial charge on any atom is 0.243 e. The van der Waals surface area contributed by atoms with Gasteiger partial charge in [0.05, 0.1) is 6.10 Å². The Morgan fingerprint density at radius 3 is 2.48 bits per heavy atom. The van der Waals surface area contributed by atoms with Gasteiger partial charge in [0.1, 0.15) is 0 Å². The predicted molar refractivity (Wildman–Crippen MR) is 90.0 cm³/mol. The maximum absolute atomic E-state index is 10.9. The van der Waals surface area contributed by atoms with Gasteiger partial charge >= 0.3 is 0 Å². The van der Waals surface area contributed by atoms with Crippen molar-refractivity contribution in [2.45, 2.75) is 38.7 Å². The molecule has 2 aromatic carbocycles. The minimum absolute atomic E-state index is 0.273. The van der Waals surface area contributed by atoms with Crippen LogP contribution in [0.5, 0.6) is 0 Å². The van der Waals surface area contributed by atoms with Crippen LogP contribution in [0.3, 0.4) is 0 Å². The molecule has 0 saturated heterocycles. The Labute approximate surface area is 136 Å². The van der Waals surface area contributed by atoms with Crippen molar-refractivity contribution in [2.75, 3.05) is 0 Å². The zero-order valence-corrected chi connectivity index (χ0v) is 13.3. The number of rotatable bonds is 7. The molecule has 23 heavy (non-hydrogen) atoms. The van der Waals surface area contributed by atoms with Crippen LogP contribution < -0.4 is 5.48 Å². The van der Waals surface area contributed by atoms with E-state index in [1.54, 1.807) is 5.48 Å². The van der Waals surface area contributed by atoms with Gasteiger partial charge < -0.3 is 5.11 Å². The Balaban J connectivity index is 1.96. The molecule has 1 amide bonds. The van der Waals surface area contributed by atoms with Crippen LogP contribution in [0.25, 0.3) is 11.1 Å². The number of amides is 1. The number of aryl methyl sites for hydroxylation is 1. The molecule has 4 heteroatoms. The Kier molecular flexibility index (Phi) is 6.32. The molecule has 0 spiro atoms. The summed E-state index contributed by atoms with van der Waals surface area (Å²) in [5.74, 6) is -0.386. The van der Waals surface area contributed by atoms with Gasteiger partial charge in [-0.15, -0.1) is 0 Å². The van der Waals surface area contributed by atoms with Crippen LogP contribution in [0, 0.1) is 6.92 Å². The molecule has 0 bridgehead atoms. The summed E-state index contributed by atoms with van der Waals surface area (Å²) >= 11 is 0. The van der Waals surface area contributed by atoms with Gasteiger partial charge in [-0.3, -0.25) is 10.0 Å². The van der Waals surface area contributed by atoms with Crippen molar-refractivity contribution in [3.05, 3.63) is 59.7 Å². The van der Waals surface area contributed by atoms with E-state index in [2.05, 4.69) is 18.2 Å². The molecule has 0 aliphatic rings. The van der Waals surface area contributed by atoms with E-state index < -0.39 is 6.10 Å². The first-order valence-corrected chi connectivity index (χ1v) is 7.89. The number of hydroxylamine groups is 1. The van der Waals surface area contributed by atoms with E-state index in [0.717, 1.165) is 28.7 Å². The second kappa shape index (κ2) is 8.46. The monoisotopic (exact) mass is 313 g/mol. The van der Waals surface area contributed by atoms with E-state index in [1.165, 1.54) is 0 Å². The standard InChI is InChI=1S/C19H23NO3/c1-14-13-16(15-7-3-2-4-8-15)11-12-17(14)18(21)9-5-6-10-19(22)20-23/h2-4,7-8,11-13,18,21,23H,5-6,9-10H2,1H3,(H,20,22). The fourth-order valence-electron chi connectivity index (χ4n) is 2.69. The molecule has 0 aliphatic heterocycles. The van der Waals surface area contributed by atoms with E-state index in [1.807, 2.05) is 37.3 Å². The molecule has 0 heterocycles. The first-order valence-electron chi connectivity index (χ1n) is 7.89. The lowest BCUT2D eigenvalue weighted by Gasteiger charge is -2.15. The smallest absolute Gasteiger partial charge is 0.243 e. The van der Waals surface area contributed by atoms with Crippen molar-refractivity contribution >= 4 is 5.91 Å². The van der Waals surface area contributed by atoms with Crippen LogP contribution in [0.1, 0.15) is 42.9 Å². The van der Waals surface area contributed by atoms with E-state index in [4.69, 9.17) is 5.21 Å². The number of carbonyl (C=O) groups is 1. The molecule has 2 aromatic rings. The molecule has 0 aliphatic carbocycles. The van der Waals surface area contributed by atoms with Gasteiger partial charge in [-0.1, -0.05) is 55.0 Å². The van der Waals surface area contributed by atoms with Gasteiger partial charge in [0, 0.05) is 6.42 Å². The largest absolute Gasteiger partial charge is 0.388 e. The van der Waals surface area contributed by atoms with Crippen LogP contribution >= 0.6 is 0 Å². The van der Waals surface area contributed by atoms with E-state index in [9.17, 15) is 9.90 Å². The number of nitrogens with one attached hydrogen (secondary N) is 1. The summed E-state index contributed by atoms with van der Waals surface area (Å²) in [6, 6.07) is 16.2. The molecule has 3 N–H and O–H groups in total. The minimum atomic E-state index is -0.531.